The zero-order valence-electron chi connectivity index (χ0n) is 11.2. The van der Waals surface area contributed by atoms with Crippen molar-refractivity contribution in [1.29, 1.82) is 0 Å². The molecule has 1 aliphatic rings. The molecular formula is C14H19F2N3O. The number of nitrogens with one attached hydrogen (secondary N) is 2. The lowest BCUT2D eigenvalue weighted by molar-refractivity contribution is 0.0950. The minimum Gasteiger partial charge on any atom is -0.352 e. The van der Waals surface area contributed by atoms with Crippen LogP contribution in [0.15, 0.2) is 12.1 Å². The highest BCUT2D eigenvalue weighted by molar-refractivity contribution is 5.94. The number of halogens is 2. The molecule has 1 saturated carbocycles. The molecular weight excluding hydrogens is 264 g/mol. The molecule has 2 rings (SSSR count). The highest BCUT2D eigenvalue weighted by Crippen LogP contribution is 2.27. The Morgan fingerprint density at radius 3 is 2.40 bits per heavy atom. The molecule has 1 fully saturated rings. The minimum atomic E-state index is -0.881. The van der Waals surface area contributed by atoms with Crippen LogP contribution in [0.4, 0.5) is 14.5 Å². The maximum atomic E-state index is 13.5. The predicted molar refractivity (Wildman–Crippen MR) is 73.1 cm³/mol. The van der Waals surface area contributed by atoms with Gasteiger partial charge in [0.05, 0.1) is 0 Å². The summed E-state index contributed by atoms with van der Waals surface area (Å²) in [5, 5.41) is 2.69. The second-order valence-electron chi connectivity index (χ2n) is 5.15. The average molecular weight is 283 g/mol. The molecule has 0 spiro atoms. The normalized spacial score (nSPS) is 15.3. The van der Waals surface area contributed by atoms with Gasteiger partial charge in [-0.3, -0.25) is 10.6 Å². The molecule has 1 amide bonds. The standard InChI is InChI=1S/C14H19F2N3O/c15-11-7-10(8-12(16)13(11)19-17)14(20)18-6-5-9-3-1-2-4-9/h7-9,19H,1-6,17H2,(H,18,20). The van der Waals surface area contributed by atoms with Crippen molar-refractivity contribution in [2.45, 2.75) is 32.1 Å². The number of hydrogen-bond donors (Lipinski definition) is 3. The summed E-state index contributed by atoms with van der Waals surface area (Å²) < 4.78 is 27.0. The minimum absolute atomic E-state index is 0.0366. The fraction of sp³-hybridized carbons (Fsp3) is 0.500. The van der Waals surface area contributed by atoms with Gasteiger partial charge < -0.3 is 10.7 Å². The van der Waals surface area contributed by atoms with Crippen molar-refractivity contribution in [3.05, 3.63) is 29.3 Å². The number of hydrazine groups is 1. The van der Waals surface area contributed by atoms with Crippen LogP contribution in [0, 0.1) is 17.6 Å². The summed E-state index contributed by atoms with van der Waals surface area (Å²) in [6, 6.07) is 1.95. The summed E-state index contributed by atoms with van der Waals surface area (Å²) in [5.74, 6) is 3.43. The van der Waals surface area contributed by atoms with Crippen LogP contribution in [0.3, 0.4) is 0 Å². The predicted octanol–water partition coefficient (Wildman–Crippen LogP) is 2.56. The van der Waals surface area contributed by atoms with Crippen LogP contribution in [0.5, 0.6) is 0 Å². The van der Waals surface area contributed by atoms with Gasteiger partial charge in [-0.2, -0.15) is 0 Å². The summed E-state index contributed by atoms with van der Waals surface area (Å²) in [7, 11) is 0. The third-order valence-electron chi connectivity index (χ3n) is 3.76. The zero-order valence-corrected chi connectivity index (χ0v) is 11.2. The molecule has 1 aromatic carbocycles. The topological polar surface area (TPSA) is 67.1 Å². The van der Waals surface area contributed by atoms with Gasteiger partial charge >= 0.3 is 0 Å². The van der Waals surface area contributed by atoms with E-state index in [4.69, 9.17) is 5.84 Å². The summed E-state index contributed by atoms with van der Waals surface area (Å²) in [6.45, 7) is 0.531. The first-order chi connectivity index (χ1) is 9.61. The zero-order chi connectivity index (χ0) is 14.5. The average Bonchev–Trinajstić information content (AvgIpc) is 2.91. The SMILES string of the molecule is NNc1c(F)cc(C(=O)NCCC2CCCC2)cc1F. The molecule has 1 aliphatic carbocycles. The third kappa shape index (κ3) is 3.45. The molecule has 6 heteroatoms. The van der Waals surface area contributed by atoms with E-state index >= 15 is 0 Å². The Morgan fingerprint density at radius 2 is 1.85 bits per heavy atom. The van der Waals surface area contributed by atoms with Crippen LogP contribution in [0.1, 0.15) is 42.5 Å². The molecule has 0 aromatic heterocycles. The third-order valence-corrected chi connectivity index (χ3v) is 3.76. The molecule has 0 aliphatic heterocycles. The number of rotatable bonds is 5. The summed E-state index contributed by atoms with van der Waals surface area (Å²) >= 11 is 0. The van der Waals surface area contributed by atoms with Gasteiger partial charge in [0.25, 0.3) is 5.91 Å². The van der Waals surface area contributed by atoms with Gasteiger partial charge in [-0.15, -0.1) is 0 Å². The molecule has 0 bridgehead atoms. The van der Waals surface area contributed by atoms with E-state index in [0.717, 1.165) is 18.6 Å². The number of anilines is 1. The first-order valence-corrected chi connectivity index (χ1v) is 6.85. The van der Waals surface area contributed by atoms with Crippen molar-refractivity contribution in [2.24, 2.45) is 11.8 Å². The van der Waals surface area contributed by atoms with Crippen LogP contribution in [0.25, 0.3) is 0 Å². The van der Waals surface area contributed by atoms with E-state index < -0.39 is 23.2 Å². The van der Waals surface area contributed by atoms with E-state index in [1.54, 1.807) is 0 Å². The fourth-order valence-electron chi connectivity index (χ4n) is 2.63. The Hall–Kier alpha value is -1.69. The monoisotopic (exact) mass is 283 g/mol. The van der Waals surface area contributed by atoms with Gasteiger partial charge in [-0.1, -0.05) is 25.7 Å². The maximum absolute atomic E-state index is 13.5. The van der Waals surface area contributed by atoms with E-state index in [1.165, 1.54) is 25.7 Å². The number of carbonyl (C=O) groups is 1. The summed E-state index contributed by atoms with van der Waals surface area (Å²) in [5.41, 5.74) is 1.45. The molecule has 110 valence electrons. The van der Waals surface area contributed by atoms with Crippen LogP contribution >= 0.6 is 0 Å². The Kier molecular flexibility index (Phi) is 4.89. The van der Waals surface area contributed by atoms with Crippen LogP contribution in [0.2, 0.25) is 0 Å². The van der Waals surface area contributed by atoms with Crippen LogP contribution in [-0.2, 0) is 0 Å². The molecule has 1 aromatic rings. The van der Waals surface area contributed by atoms with E-state index in [0.29, 0.717) is 12.5 Å². The number of amides is 1. The number of benzene rings is 1. The van der Waals surface area contributed by atoms with E-state index in [1.807, 2.05) is 5.43 Å². The lowest BCUT2D eigenvalue weighted by Gasteiger charge is -2.11. The van der Waals surface area contributed by atoms with Crippen molar-refractivity contribution in [1.82, 2.24) is 5.32 Å². The van der Waals surface area contributed by atoms with E-state index in [9.17, 15) is 13.6 Å². The lowest BCUT2D eigenvalue weighted by atomic mass is 10.0. The van der Waals surface area contributed by atoms with Crippen LogP contribution in [-0.4, -0.2) is 12.5 Å². The van der Waals surface area contributed by atoms with Crippen molar-refractivity contribution in [2.75, 3.05) is 12.0 Å². The smallest absolute Gasteiger partial charge is 0.251 e. The number of hydrogen-bond acceptors (Lipinski definition) is 3. The van der Waals surface area contributed by atoms with Gasteiger partial charge in [-0.25, -0.2) is 8.78 Å². The number of carbonyl (C=O) groups excluding carboxylic acids is 1. The molecule has 0 radical (unpaired) electrons. The second-order valence-corrected chi connectivity index (χ2v) is 5.15. The first kappa shape index (κ1) is 14.7. The van der Waals surface area contributed by atoms with Gasteiger partial charge in [0.1, 0.15) is 5.69 Å². The fourth-order valence-corrected chi connectivity index (χ4v) is 2.63. The Morgan fingerprint density at radius 1 is 1.25 bits per heavy atom. The highest BCUT2D eigenvalue weighted by atomic mass is 19.1. The molecule has 0 atom stereocenters. The lowest BCUT2D eigenvalue weighted by Crippen LogP contribution is -2.26. The molecule has 0 heterocycles. The van der Waals surface area contributed by atoms with Gasteiger partial charge in [0.2, 0.25) is 0 Å². The molecule has 4 nitrogen and oxygen atoms in total. The Balaban J connectivity index is 1.91. The largest absolute Gasteiger partial charge is 0.352 e. The van der Waals surface area contributed by atoms with E-state index in [2.05, 4.69) is 5.32 Å². The number of nitrogens with two attached hydrogens (primary N) is 1. The van der Waals surface area contributed by atoms with Crippen molar-refractivity contribution < 1.29 is 13.6 Å². The van der Waals surface area contributed by atoms with Gasteiger partial charge in [0.15, 0.2) is 11.6 Å². The molecule has 0 unspecified atom stereocenters. The summed E-state index contributed by atoms with van der Waals surface area (Å²) in [6.07, 6.45) is 5.83. The maximum Gasteiger partial charge on any atom is 0.251 e. The van der Waals surface area contributed by atoms with Crippen molar-refractivity contribution >= 4 is 11.6 Å². The highest BCUT2D eigenvalue weighted by Gasteiger charge is 2.17. The van der Waals surface area contributed by atoms with Gasteiger partial charge in [0, 0.05) is 12.1 Å². The van der Waals surface area contributed by atoms with Gasteiger partial charge in [-0.05, 0) is 24.5 Å². The Bertz CT molecular complexity index is 464. The molecule has 4 N–H and O–H groups in total. The number of nitrogen functional groups attached to an aromatic ring is 1. The molecule has 20 heavy (non-hydrogen) atoms. The Labute approximate surface area is 116 Å². The van der Waals surface area contributed by atoms with Crippen molar-refractivity contribution in [3.8, 4) is 0 Å². The molecule has 0 saturated heterocycles. The summed E-state index contributed by atoms with van der Waals surface area (Å²) in [4.78, 5) is 11.8. The quantitative estimate of drug-likeness (QED) is 0.574. The second kappa shape index (κ2) is 6.65. The van der Waals surface area contributed by atoms with Crippen molar-refractivity contribution in [3.63, 3.8) is 0 Å². The van der Waals surface area contributed by atoms with Crippen LogP contribution < -0.4 is 16.6 Å². The first-order valence-electron chi connectivity index (χ1n) is 6.85. The van der Waals surface area contributed by atoms with E-state index in [-0.39, 0.29) is 5.56 Å².